The van der Waals surface area contributed by atoms with Gasteiger partial charge < -0.3 is 15.4 Å². The SMILES string of the molecule is CC1=C(C(=O)Nc2cccc(C)c2)C(c2cccc(OCc3ccccc3Cl)c2)n2nc(SCc3ccccc3)nc2N1. The Morgan fingerprint density at radius 2 is 1.77 bits per heavy atom. The van der Waals surface area contributed by atoms with Crippen molar-refractivity contribution in [2.75, 3.05) is 10.6 Å². The average molecular weight is 608 g/mol. The van der Waals surface area contributed by atoms with Crippen LogP contribution in [-0.4, -0.2) is 20.7 Å². The third-order valence-corrected chi connectivity index (χ3v) is 8.37. The van der Waals surface area contributed by atoms with Crippen LogP contribution >= 0.6 is 23.4 Å². The summed E-state index contributed by atoms with van der Waals surface area (Å²) in [7, 11) is 0. The molecule has 1 unspecified atom stereocenters. The third-order valence-electron chi connectivity index (χ3n) is 7.09. The molecular formula is C34H30ClN5O2S. The number of amides is 1. The number of hydrogen-bond donors (Lipinski definition) is 2. The number of thioether (sulfide) groups is 1. The Morgan fingerprint density at radius 3 is 2.58 bits per heavy atom. The van der Waals surface area contributed by atoms with Gasteiger partial charge in [0.25, 0.3) is 5.91 Å². The molecule has 1 atom stereocenters. The normalized spacial score (nSPS) is 14.2. The van der Waals surface area contributed by atoms with Crippen LogP contribution in [0.3, 0.4) is 0 Å². The van der Waals surface area contributed by atoms with Crippen LogP contribution in [0.5, 0.6) is 5.75 Å². The van der Waals surface area contributed by atoms with Crippen molar-refractivity contribution in [2.24, 2.45) is 0 Å². The molecule has 9 heteroatoms. The zero-order chi connectivity index (χ0) is 29.8. The van der Waals surface area contributed by atoms with E-state index in [-0.39, 0.29) is 5.91 Å². The van der Waals surface area contributed by atoms with E-state index in [9.17, 15) is 4.79 Å². The molecule has 7 nitrogen and oxygen atoms in total. The van der Waals surface area contributed by atoms with Gasteiger partial charge in [0.2, 0.25) is 11.1 Å². The molecule has 1 aliphatic rings. The van der Waals surface area contributed by atoms with Gasteiger partial charge in [-0.25, -0.2) is 4.68 Å². The minimum absolute atomic E-state index is 0.220. The lowest BCUT2D eigenvalue weighted by Gasteiger charge is -2.29. The Bertz CT molecular complexity index is 1800. The summed E-state index contributed by atoms with van der Waals surface area (Å²) in [4.78, 5) is 18.7. The first kappa shape index (κ1) is 28.6. The zero-order valence-corrected chi connectivity index (χ0v) is 25.3. The fourth-order valence-electron chi connectivity index (χ4n) is 4.99. The number of fused-ring (bicyclic) bond motifs is 1. The zero-order valence-electron chi connectivity index (χ0n) is 23.8. The van der Waals surface area contributed by atoms with Crippen LogP contribution in [0.15, 0.2) is 120 Å². The molecular weight excluding hydrogens is 578 g/mol. The van der Waals surface area contributed by atoms with E-state index in [1.54, 1.807) is 16.4 Å². The number of carbonyl (C=O) groups excluding carboxylic acids is 1. The fourth-order valence-corrected chi connectivity index (χ4v) is 5.96. The molecule has 2 N–H and O–H groups in total. The molecule has 2 heterocycles. The second-order valence-corrected chi connectivity index (χ2v) is 11.6. The smallest absolute Gasteiger partial charge is 0.255 e. The van der Waals surface area contributed by atoms with Crippen molar-refractivity contribution in [3.8, 4) is 5.75 Å². The van der Waals surface area contributed by atoms with Crippen molar-refractivity contribution in [2.45, 2.75) is 37.4 Å². The minimum atomic E-state index is -0.538. The Morgan fingerprint density at radius 1 is 0.977 bits per heavy atom. The van der Waals surface area contributed by atoms with Gasteiger partial charge in [-0.15, -0.1) is 5.10 Å². The maximum absolute atomic E-state index is 13.9. The van der Waals surface area contributed by atoms with Crippen LogP contribution in [0.2, 0.25) is 5.02 Å². The maximum atomic E-state index is 13.9. The van der Waals surface area contributed by atoms with Crippen LogP contribution < -0.4 is 15.4 Å². The Balaban J connectivity index is 1.34. The van der Waals surface area contributed by atoms with E-state index in [0.717, 1.165) is 28.1 Å². The van der Waals surface area contributed by atoms with Gasteiger partial charge in [0.05, 0.1) is 5.57 Å². The summed E-state index contributed by atoms with van der Waals surface area (Å²) in [6, 6.07) is 32.8. The summed E-state index contributed by atoms with van der Waals surface area (Å²) < 4.78 is 7.94. The molecule has 0 fully saturated rings. The lowest BCUT2D eigenvalue weighted by atomic mass is 9.94. The lowest BCUT2D eigenvalue weighted by molar-refractivity contribution is -0.113. The van der Waals surface area contributed by atoms with Gasteiger partial charge in [-0.2, -0.15) is 4.98 Å². The van der Waals surface area contributed by atoms with Gasteiger partial charge in [0.15, 0.2) is 0 Å². The van der Waals surface area contributed by atoms with Crippen molar-refractivity contribution in [1.82, 2.24) is 14.8 Å². The number of nitrogens with zero attached hydrogens (tertiary/aromatic N) is 3. The number of carbonyl (C=O) groups is 1. The predicted molar refractivity (Wildman–Crippen MR) is 173 cm³/mol. The second kappa shape index (κ2) is 12.8. The largest absolute Gasteiger partial charge is 0.489 e. The van der Waals surface area contributed by atoms with Gasteiger partial charge >= 0.3 is 0 Å². The Kier molecular flexibility index (Phi) is 8.49. The Labute approximate surface area is 260 Å². The molecule has 6 rings (SSSR count). The lowest BCUT2D eigenvalue weighted by Crippen LogP contribution is -2.31. The summed E-state index contributed by atoms with van der Waals surface area (Å²) in [6.07, 6.45) is 0. The molecule has 0 bridgehead atoms. The number of ether oxygens (including phenoxy) is 1. The molecule has 1 aliphatic heterocycles. The van der Waals surface area contributed by atoms with E-state index in [4.69, 9.17) is 26.4 Å². The van der Waals surface area contributed by atoms with E-state index in [1.165, 1.54) is 5.56 Å². The van der Waals surface area contributed by atoms with E-state index >= 15 is 0 Å². The highest BCUT2D eigenvalue weighted by molar-refractivity contribution is 7.98. The van der Waals surface area contributed by atoms with Crippen molar-refractivity contribution < 1.29 is 9.53 Å². The summed E-state index contributed by atoms with van der Waals surface area (Å²) in [5, 5.41) is 12.6. The maximum Gasteiger partial charge on any atom is 0.255 e. The van der Waals surface area contributed by atoms with Gasteiger partial charge in [-0.05, 0) is 60.9 Å². The van der Waals surface area contributed by atoms with E-state index in [1.807, 2.05) is 105 Å². The molecule has 0 saturated heterocycles. The van der Waals surface area contributed by atoms with Crippen molar-refractivity contribution in [3.05, 3.63) is 142 Å². The fraction of sp³-hybridized carbons (Fsp3) is 0.147. The third kappa shape index (κ3) is 6.61. The van der Waals surface area contributed by atoms with Gasteiger partial charge in [0.1, 0.15) is 18.4 Å². The summed E-state index contributed by atoms with van der Waals surface area (Å²) in [5.41, 5.74) is 5.95. The minimum Gasteiger partial charge on any atom is -0.489 e. The number of benzene rings is 4. The number of nitrogens with one attached hydrogen (secondary N) is 2. The van der Waals surface area contributed by atoms with Crippen molar-refractivity contribution in [1.29, 1.82) is 0 Å². The number of aromatic nitrogens is 3. The average Bonchev–Trinajstić information content (AvgIpc) is 3.42. The van der Waals surface area contributed by atoms with Crippen LogP contribution in [0.4, 0.5) is 11.6 Å². The topological polar surface area (TPSA) is 81.1 Å². The summed E-state index contributed by atoms with van der Waals surface area (Å²) in [6.45, 7) is 4.21. The highest BCUT2D eigenvalue weighted by atomic mass is 35.5. The predicted octanol–water partition coefficient (Wildman–Crippen LogP) is 8.04. The van der Waals surface area contributed by atoms with E-state index in [0.29, 0.717) is 39.8 Å². The number of hydrogen-bond acceptors (Lipinski definition) is 6. The molecule has 0 radical (unpaired) electrons. The molecule has 5 aromatic rings. The summed E-state index contributed by atoms with van der Waals surface area (Å²) >= 11 is 7.91. The number of anilines is 2. The molecule has 0 aliphatic carbocycles. The van der Waals surface area contributed by atoms with Gasteiger partial charge in [-0.1, -0.05) is 96.2 Å². The second-order valence-electron chi connectivity index (χ2n) is 10.3. The monoisotopic (exact) mass is 607 g/mol. The molecule has 1 aromatic heterocycles. The molecule has 4 aromatic carbocycles. The molecule has 1 amide bonds. The van der Waals surface area contributed by atoms with Crippen LogP contribution in [0.1, 0.15) is 35.2 Å². The van der Waals surface area contributed by atoms with Crippen LogP contribution in [-0.2, 0) is 17.2 Å². The first-order valence-electron chi connectivity index (χ1n) is 13.9. The van der Waals surface area contributed by atoms with Crippen molar-refractivity contribution >= 4 is 40.9 Å². The first-order valence-corrected chi connectivity index (χ1v) is 15.3. The van der Waals surface area contributed by atoms with Crippen LogP contribution in [0.25, 0.3) is 0 Å². The highest BCUT2D eigenvalue weighted by Gasteiger charge is 2.34. The molecule has 0 spiro atoms. The van der Waals surface area contributed by atoms with E-state index in [2.05, 4.69) is 22.8 Å². The number of allylic oxidation sites excluding steroid dienone is 1. The number of rotatable bonds is 9. The van der Waals surface area contributed by atoms with Crippen LogP contribution in [0, 0.1) is 6.92 Å². The van der Waals surface area contributed by atoms with Crippen molar-refractivity contribution in [3.63, 3.8) is 0 Å². The standard InChI is InChI=1S/C34H30ClN5O2S/c1-22-10-8-15-27(18-22)37-32(41)30-23(2)36-33-38-34(43-21-24-11-4-3-5-12-24)39-40(33)31(30)25-14-9-16-28(19-25)42-20-26-13-6-7-17-29(26)35/h3-19,31H,20-21H2,1-2H3,(H,37,41)(H,36,38,39). The van der Waals surface area contributed by atoms with Gasteiger partial charge in [-0.3, -0.25) is 4.79 Å². The molecule has 43 heavy (non-hydrogen) atoms. The molecule has 0 saturated carbocycles. The number of aryl methyl sites for hydroxylation is 1. The first-order chi connectivity index (χ1) is 20.9. The number of halogens is 1. The summed E-state index contributed by atoms with van der Waals surface area (Å²) in [5.74, 6) is 1.75. The quantitative estimate of drug-likeness (QED) is 0.165. The molecule has 216 valence electrons. The van der Waals surface area contributed by atoms with E-state index < -0.39 is 6.04 Å². The van der Waals surface area contributed by atoms with Gasteiger partial charge in [0, 0.05) is 27.7 Å². The highest BCUT2D eigenvalue weighted by Crippen LogP contribution is 2.38. The Hall–Kier alpha value is -4.53.